The molecule has 224 valence electrons. The van der Waals surface area contributed by atoms with Gasteiger partial charge in [-0.15, -0.1) is 0 Å². The average molecular weight is 547 g/mol. The number of aliphatic hydroxyl groups excluding tert-OH is 2. The van der Waals surface area contributed by atoms with Gasteiger partial charge in [-0.1, -0.05) is 13.8 Å². The van der Waals surface area contributed by atoms with Crippen molar-refractivity contribution in [3.63, 3.8) is 0 Å². The minimum absolute atomic E-state index is 0.0668. The Morgan fingerprint density at radius 2 is 1.95 bits per heavy atom. The van der Waals surface area contributed by atoms with Gasteiger partial charge in [0.2, 0.25) is 0 Å². The van der Waals surface area contributed by atoms with Gasteiger partial charge in [0.25, 0.3) is 0 Å². The Morgan fingerprint density at radius 3 is 2.55 bits per heavy atom. The predicted molar refractivity (Wildman–Crippen MR) is 145 cm³/mol. The molecule has 11 atom stereocenters. The molecule has 0 unspecified atom stereocenters. The highest BCUT2D eigenvalue weighted by Crippen LogP contribution is 2.36. The molecule has 5 N–H and O–H groups in total. The molecule has 10 heteroatoms. The number of hydrogen-bond acceptors (Lipinski definition) is 10. The number of ether oxygens (including phenoxy) is 4. The molecule has 2 rings (SSSR count). The summed E-state index contributed by atoms with van der Waals surface area (Å²) in [5, 5.41) is 38.0. The molecule has 0 aromatic carbocycles. The van der Waals surface area contributed by atoms with Crippen molar-refractivity contribution in [3.8, 4) is 0 Å². The second-order valence-electron chi connectivity index (χ2n) is 12.0. The molecule has 0 amide bonds. The fourth-order valence-corrected chi connectivity index (χ4v) is 5.71. The van der Waals surface area contributed by atoms with Gasteiger partial charge in [-0.25, -0.2) is 0 Å². The van der Waals surface area contributed by atoms with E-state index in [1.807, 2.05) is 7.05 Å². The van der Waals surface area contributed by atoms with Gasteiger partial charge in [0.1, 0.15) is 17.8 Å². The Bertz CT molecular complexity index is 725. The maximum Gasteiger partial charge on any atom is 0.311 e. The molecule has 10 nitrogen and oxygen atoms in total. The molecule has 2 aliphatic rings. The molecule has 2 aliphatic heterocycles. The number of aliphatic hydroxyl groups is 3. The van der Waals surface area contributed by atoms with Crippen molar-refractivity contribution in [3.05, 3.63) is 0 Å². The van der Waals surface area contributed by atoms with Gasteiger partial charge >= 0.3 is 5.97 Å². The summed E-state index contributed by atoms with van der Waals surface area (Å²) in [5.74, 6) is -1.10. The smallest absolute Gasteiger partial charge is 0.311 e. The molecule has 0 spiro atoms. The van der Waals surface area contributed by atoms with E-state index in [-0.39, 0.29) is 31.0 Å². The third-order valence-corrected chi connectivity index (χ3v) is 8.27. The normalized spacial score (nSPS) is 33.7. The van der Waals surface area contributed by atoms with Crippen LogP contribution in [0.5, 0.6) is 0 Å². The zero-order valence-corrected chi connectivity index (χ0v) is 24.7. The lowest BCUT2D eigenvalue weighted by Crippen LogP contribution is -2.58. The van der Waals surface area contributed by atoms with Crippen LogP contribution in [0.25, 0.3) is 0 Å². The molecular formula is C28H54N2O8. The quantitative estimate of drug-likeness (QED) is 0.193. The minimum atomic E-state index is -1.67. The van der Waals surface area contributed by atoms with Gasteiger partial charge in [0.15, 0.2) is 6.29 Å². The van der Waals surface area contributed by atoms with Crippen LogP contribution in [0, 0.1) is 11.8 Å². The predicted octanol–water partition coefficient (Wildman–Crippen LogP) is 1.73. The van der Waals surface area contributed by atoms with Crippen LogP contribution in [0.3, 0.4) is 0 Å². The summed E-state index contributed by atoms with van der Waals surface area (Å²) in [5.41, 5.74) is -2.12. The average Bonchev–Trinajstić information content (AvgIpc) is 3.22. The molecule has 0 bridgehead atoms. The minimum Gasteiger partial charge on any atom is -0.459 e. The van der Waals surface area contributed by atoms with Crippen LogP contribution in [0.2, 0.25) is 0 Å². The van der Waals surface area contributed by atoms with Crippen LogP contribution < -0.4 is 10.6 Å². The first kappa shape index (κ1) is 33.4. The second-order valence-corrected chi connectivity index (χ2v) is 12.0. The van der Waals surface area contributed by atoms with Gasteiger partial charge in [-0.05, 0) is 79.8 Å². The molecular weight excluding hydrogens is 492 g/mol. The van der Waals surface area contributed by atoms with Crippen LogP contribution in [0.15, 0.2) is 0 Å². The number of rotatable bonds is 15. The monoisotopic (exact) mass is 546 g/mol. The summed E-state index contributed by atoms with van der Waals surface area (Å²) >= 11 is 0. The zero-order chi connectivity index (χ0) is 28.7. The second kappa shape index (κ2) is 14.7. The van der Waals surface area contributed by atoms with Crippen molar-refractivity contribution in [2.24, 2.45) is 11.8 Å². The number of hydrogen-bond donors (Lipinski definition) is 5. The van der Waals surface area contributed by atoms with Gasteiger partial charge in [-0.3, -0.25) is 4.79 Å². The summed E-state index contributed by atoms with van der Waals surface area (Å²) in [6.45, 7) is 13.8. The first-order chi connectivity index (χ1) is 17.8. The Balaban J connectivity index is 1.90. The van der Waals surface area contributed by atoms with E-state index in [9.17, 15) is 20.1 Å². The first-order valence-electron chi connectivity index (χ1n) is 14.3. The summed E-state index contributed by atoms with van der Waals surface area (Å²) < 4.78 is 24.1. The summed E-state index contributed by atoms with van der Waals surface area (Å²) in [6, 6.07) is -0.0881. The maximum atomic E-state index is 12.2. The summed E-state index contributed by atoms with van der Waals surface area (Å²) in [4.78, 5) is 12.2. The van der Waals surface area contributed by atoms with Crippen molar-refractivity contribution in [2.45, 2.75) is 135 Å². The van der Waals surface area contributed by atoms with Crippen molar-refractivity contribution in [2.75, 3.05) is 26.8 Å². The Hall–Kier alpha value is -0.850. The molecule has 0 aromatic heterocycles. The van der Waals surface area contributed by atoms with Gasteiger partial charge in [-0.2, -0.15) is 0 Å². The van der Waals surface area contributed by atoms with Crippen molar-refractivity contribution in [1.82, 2.24) is 10.6 Å². The lowest BCUT2D eigenvalue weighted by atomic mass is 9.85. The standard InChI is InChI=1S/C28H54N2O8/c1-9-22(38-26(33)18(3)16-31)28(7,34)25(32)20(5)30-15-17(2)14-27(6)23(10-11-35-27)37-24-13-21(29-8)12-19(4)36-24/h17-25,29-32,34H,9-16H2,1-8H3/t17-,18-,19-,20-,21+,22-,23-,24+,25-,27-,28-/m1/s1. The van der Waals surface area contributed by atoms with Crippen LogP contribution >= 0.6 is 0 Å². The van der Waals surface area contributed by atoms with Gasteiger partial charge in [0, 0.05) is 18.5 Å². The highest BCUT2D eigenvalue weighted by Gasteiger charge is 2.45. The molecule has 0 aromatic rings. The molecule has 2 fully saturated rings. The van der Waals surface area contributed by atoms with Gasteiger partial charge < -0.3 is 44.9 Å². The molecule has 2 saturated heterocycles. The lowest BCUT2D eigenvalue weighted by Gasteiger charge is -2.40. The molecule has 0 aliphatic carbocycles. The largest absolute Gasteiger partial charge is 0.459 e. The van der Waals surface area contributed by atoms with Crippen molar-refractivity contribution >= 4 is 5.97 Å². The summed E-state index contributed by atoms with van der Waals surface area (Å²) in [6.07, 6.45) is 1.42. The van der Waals surface area contributed by atoms with E-state index in [0.717, 1.165) is 25.7 Å². The highest BCUT2D eigenvalue weighted by molar-refractivity contribution is 5.72. The van der Waals surface area contributed by atoms with Crippen LogP contribution in [0.4, 0.5) is 0 Å². The van der Waals surface area contributed by atoms with E-state index in [2.05, 4.69) is 31.4 Å². The van der Waals surface area contributed by atoms with E-state index in [1.54, 1.807) is 20.8 Å². The van der Waals surface area contributed by atoms with Crippen molar-refractivity contribution < 1.29 is 39.1 Å². The lowest BCUT2D eigenvalue weighted by molar-refractivity contribution is -0.235. The fourth-order valence-electron chi connectivity index (χ4n) is 5.71. The number of esters is 1. The van der Waals surface area contributed by atoms with Crippen molar-refractivity contribution in [1.29, 1.82) is 0 Å². The highest BCUT2D eigenvalue weighted by atomic mass is 16.7. The Morgan fingerprint density at radius 1 is 1.26 bits per heavy atom. The van der Waals surface area contributed by atoms with Crippen LogP contribution in [-0.2, 0) is 23.7 Å². The van der Waals surface area contributed by atoms with Crippen LogP contribution in [-0.4, -0.2) is 102 Å². The third kappa shape index (κ3) is 8.83. The number of nitrogens with one attached hydrogen (secondary N) is 2. The molecule has 38 heavy (non-hydrogen) atoms. The van der Waals surface area contributed by atoms with E-state index in [0.29, 0.717) is 25.6 Å². The topological polar surface area (TPSA) is 139 Å². The maximum absolute atomic E-state index is 12.2. The van der Waals surface area contributed by atoms with E-state index >= 15 is 0 Å². The van der Waals surface area contributed by atoms with E-state index in [1.165, 1.54) is 6.92 Å². The summed E-state index contributed by atoms with van der Waals surface area (Å²) in [7, 11) is 1.97. The Labute approximate surface area is 229 Å². The molecule has 0 saturated carbocycles. The number of carbonyl (C=O) groups excluding carboxylic acids is 1. The molecule has 0 radical (unpaired) electrons. The van der Waals surface area contributed by atoms with Gasteiger partial charge in [0.05, 0.1) is 36.9 Å². The Kier molecular flexibility index (Phi) is 12.9. The number of carbonyl (C=O) groups is 1. The SMILES string of the molecule is CC[C@@H](OC(=O)[C@H](C)CO)[C@@](C)(O)[C@H](O)[C@@H](C)NC[C@H](C)C[C@@]1(C)OCC[C@H]1O[C@H]1C[C@@H](NC)C[C@@H](C)O1. The zero-order valence-electron chi connectivity index (χ0n) is 24.7. The third-order valence-electron chi connectivity index (χ3n) is 8.27. The fraction of sp³-hybridized carbons (Fsp3) is 0.964. The molecule has 2 heterocycles. The first-order valence-corrected chi connectivity index (χ1v) is 14.3. The van der Waals surface area contributed by atoms with E-state index in [4.69, 9.17) is 18.9 Å². The van der Waals surface area contributed by atoms with Crippen LogP contribution in [0.1, 0.15) is 80.6 Å². The van der Waals surface area contributed by atoms with E-state index < -0.39 is 41.3 Å².